The Morgan fingerprint density at radius 2 is 1.83 bits per heavy atom. The molecule has 0 saturated heterocycles. The van der Waals surface area contributed by atoms with Crippen LogP contribution in [0.25, 0.3) is 10.8 Å². The third-order valence-electron chi connectivity index (χ3n) is 3.89. The lowest BCUT2D eigenvalue weighted by atomic mass is 10.0. The number of fused-ring (bicyclic) bond motifs is 1. The number of aliphatic hydroxyl groups excluding tert-OH is 1. The van der Waals surface area contributed by atoms with Crippen LogP contribution in [0.4, 0.5) is 0 Å². The first-order chi connectivity index (χ1) is 11.7. The molecule has 4 heteroatoms. The van der Waals surface area contributed by atoms with Gasteiger partial charge in [-0.15, -0.1) is 0 Å². The van der Waals surface area contributed by atoms with E-state index in [9.17, 15) is 9.90 Å². The maximum atomic E-state index is 12.2. The molecule has 3 aromatic carbocycles. The largest absolute Gasteiger partial charge is 0.387 e. The van der Waals surface area contributed by atoms with E-state index in [2.05, 4.69) is 5.32 Å². The number of nitriles is 1. The molecule has 0 aliphatic carbocycles. The number of carbonyl (C=O) groups excluding carboxylic acids is 1. The Labute approximate surface area is 140 Å². The molecule has 0 spiro atoms. The van der Waals surface area contributed by atoms with E-state index in [4.69, 9.17) is 5.26 Å². The van der Waals surface area contributed by atoms with E-state index in [0.29, 0.717) is 11.1 Å². The number of amides is 1. The first-order valence-corrected chi connectivity index (χ1v) is 7.63. The topological polar surface area (TPSA) is 73.1 Å². The normalized spacial score (nSPS) is 11.7. The van der Waals surface area contributed by atoms with E-state index in [1.165, 1.54) is 6.07 Å². The van der Waals surface area contributed by atoms with E-state index >= 15 is 0 Å². The lowest BCUT2D eigenvalue weighted by Gasteiger charge is -2.15. The smallest absolute Gasteiger partial charge is 0.251 e. The number of rotatable bonds is 4. The highest BCUT2D eigenvalue weighted by molar-refractivity contribution is 5.94. The molecule has 0 heterocycles. The number of hydrogen-bond donors (Lipinski definition) is 2. The third-order valence-corrected chi connectivity index (χ3v) is 3.89. The van der Waals surface area contributed by atoms with Crippen molar-refractivity contribution in [3.05, 3.63) is 83.4 Å². The lowest BCUT2D eigenvalue weighted by molar-refractivity contribution is 0.0917. The molecule has 1 unspecified atom stereocenters. The second kappa shape index (κ2) is 6.95. The first-order valence-electron chi connectivity index (χ1n) is 7.63. The number of carbonyl (C=O) groups is 1. The Morgan fingerprint density at radius 3 is 2.67 bits per heavy atom. The van der Waals surface area contributed by atoms with Crippen LogP contribution in [0, 0.1) is 11.3 Å². The van der Waals surface area contributed by atoms with Crippen LogP contribution in [0.15, 0.2) is 66.7 Å². The van der Waals surface area contributed by atoms with Gasteiger partial charge in [-0.05, 0) is 34.5 Å². The fraction of sp³-hybridized carbons (Fsp3) is 0.100. The van der Waals surface area contributed by atoms with Crippen LogP contribution in [-0.4, -0.2) is 17.6 Å². The molecule has 0 bridgehead atoms. The van der Waals surface area contributed by atoms with Crippen LogP contribution in [0.3, 0.4) is 0 Å². The number of benzene rings is 3. The predicted octanol–water partition coefficient (Wildman–Crippen LogP) is 3.17. The zero-order chi connectivity index (χ0) is 16.9. The maximum Gasteiger partial charge on any atom is 0.251 e. The highest BCUT2D eigenvalue weighted by atomic mass is 16.3. The predicted molar refractivity (Wildman–Crippen MR) is 92.4 cm³/mol. The summed E-state index contributed by atoms with van der Waals surface area (Å²) in [6, 6.07) is 22.0. The third kappa shape index (κ3) is 3.27. The molecule has 2 N–H and O–H groups in total. The quantitative estimate of drug-likeness (QED) is 0.776. The van der Waals surface area contributed by atoms with Crippen LogP contribution < -0.4 is 5.32 Å². The van der Waals surface area contributed by atoms with Crippen molar-refractivity contribution in [2.75, 3.05) is 6.54 Å². The number of nitrogens with zero attached hydrogens (tertiary/aromatic N) is 1. The number of nitrogens with one attached hydrogen (secondary N) is 1. The van der Waals surface area contributed by atoms with Crippen molar-refractivity contribution in [1.29, 1.82) is 5.26 Å². The summed E-state index contributed by atoms with van der Waals surface area (Å²) < 4.78 is 0. The van der Waals surface area contributed by atoms with Gasteiger partial charge in [0.1, 0.15) is 0 Å². The summed E-state index contributed by atoms with van der Waals surface area (Å²) in [7, 11) is 0. The van der Waals surface area contributed by atoms with Crippen molar-refractivity contribution in [3.8, 4) is 6.07 Å². The van der Waals surface area contributed by atoms with Crippen LogP contribution in [0.1, 0.15) is 27.6 Å². The van der Waals surface area contributed by atoms with Gasteiger partial charge in [-0.25, -0.2) is 0 Å². The van der Waals surface area contributed by atoms with Gasteiger partial charge < -0.3 is 10.4 Å². The lowest BCUT2D eigenvalue weighted by Crippen LogP contribution is -2.28. The van der Waals surface area contributed by atoms with Gasteiger partial charge in [0.15, 0.2) is 0 Å². The van der Waals surface area contributed by atoms with Crippen molar-refractivity contribution in [2.45, 2.75) is 6.10 Å². The number of hydrogen-bond acceptors (Lipinski definition) is 3. The maximum absolute atomic E-state index is 12.2. The standard InChI is InChI=1S/C20H16N2O2/c21-12-14-5-3-8-16(11-14)20(24)22-13-19(23)18-10-4-7-15-6-1-2-9-17(15)18/h1-11,19,23H,13H2,(H,22,24). The van der Waals surface area contributed by atoms with Gasteiger partial charge in [0.25, 0.3) is 5.91 Å². The Bertz CT molecular complexity index is 923. The Kier molecular flexibility index (Phi) is 4.55. The van der Waals surface area contributed by atoms with Crippen molar-refractivity contribution >= 4 is 16.7 Å². The summed E-state index contributed by atoms with van der Waals surface area (Å²) in [5.41, 5.74) is 1.61. The molecule has 4 nitrogen and oxygen atoms in total. The summed E-state index contributed by atoms with van der Waals surface area (Å²) in [5, 5.41) is 24.1. The monoisotopic (exact) mass is 316 g/mol. The van der Waals surface area contributed by atoms with Gasteiger partial charge in [-0.2, -0.15) is 5.26 Å². The molecule has 24 heavy (non-hydrogen) atoms. The van der Waals surface area contributed by atoms with Crippen LogP contribution >= 0.6 is 0 Å². The Morgan fingerprint density at radius 1 is 1.08 bits per heavy atom. The first kappa shape index (κ1) is 15.7. The molecule has 0 aliphatic rings. The van der Waals surface area contributed by atoms with E-state index < -0.39 is 6.10 Å². The van der Waals surface area contributed by atoms with E-state index in [1.807, 2.05) is 48.5 Å². The van der Waals surface area contributed by atoms with Gasteiger partial charge in [0.05, 0.1) is 17.7 Å². The molecular formula is C20H16N2O2. The van der Waals surface area contributed by atoms with E-state index in [0.717, 1.165) is 16.3 Å². The molecule has 118 valence electrons. The Balaban J connectivity index is 1.74. The highest BCUT2D eigenvalue weighted by Crippen LogP contribution is 2.23. The SMILES string of the molecule is N#Cc1cccc(C(=O)NCC(O)c2cccc3ccccc23)c1. The van der Waals surface area contributed by atoms with Crippen molar-refractivity contribution in [3.63, 3.8) is 0 Å². The average Bonchev–Trinajstić information content (AvgIpc) is 2.65. The number of aliphatic hydroxyl groups is 1. The zero-order valence-corrected chi connectivity index (χ0v) is 12.9. The van der Waals surface area contributed by atoms with Crippen molar-refractivity contribution in [1.82, 2.24) is 5.32 Å². The molecule has 0 aliphatic heterocycles. The fourth-order valence-electron chi connectivity index (χ4n) is 2.67. The van der Waals surface area contributed by atoms with Crippen molar-refractivity contribution < 1.29 is 9.90 Å². The minimum atomic E-state index is -0.806. The second-order valence-corrected chi connectivity index (χ2v) is 5.49. The van der Waals surface area contributed by atoms with Gasteiger partial charge in [-0.3, -0.25) is 4.79 Å². The minimum absolute atomic E-state index is 0.101. The fourth-order valence-corrected chi connectivity index (χ4v) is 2.67. The van der Waals surface area contributed by atoms with Gasteiger partial charge in [-0.1, -0.05) is 48.5 Å². The summed E-state index contributed by atoms with van der Waals surface area (Å²) in [6.07, 6.45) is -0.806. The van der Waals surface area contributed by atoms with E-state index in [1.54, 1.807) is 18.2 Å². The average molecular weight is 316 g/mol. The van der Waals surface area contributed by atoms with Gasteiger partial charge in [0.2, 0.25) is 0 Å². The molecule has 0 fully saturated rings. The zero-order valence-electron chi connectivity index (χ0n) is 12.9. The van der Waals surface area contributed by atoms with Crippen molar-refractivity contribution in [2.24, 2.45) is 0 Å². The molecule has 1 atom stereocenters. The van der Waals surface area contributed by atoms with Crippen LogP contribution in [0.5, 0.6) is 0 Å². The highest BCUT2D eigenvalue weighted by Gasteiger charge is 2.13. The van der Waals surface area contributed by atoms with Gasteiger partial charge in [0, 0.05) is 12.1 Å². The summed E-state index contributed by atoms with van der Waals surface area (Å²) >= 11 is 0. The summed E-state index contributed by atoms with van der Waals surface area (Å²) in [6.45, 7) is 0.101. The molecule has 0 saturated carbocycles. The molecule has 3 aromatic rings. The molecule has 0 radical (unpaired) electrons. The van der Waals surface area contributed by atoms with Crippen LogP contribution in [0.2, 0.25) is 0 Å². The molecule has 3 rings (SSSR count). The van der Waals surface area contributed by atoms with E-state index in [-0.39, 0.29) is 12.5 Å². The molecule has 1 amide bonds. The molecule has 0 aromatic heterocycles. The summed E-state index contributed by atoms with van der Waals surface area (Å²) in [4.78, 5) is 12.2. The Hall–Kier alpha value is -3.16. The minimum Gasteiger partial charge on any atom is -0.387 e. The second-order valence-electron chi connectivity index (χ2n) is 5.49. The molecular weight excluding hydrogens is 300 g/mol. The van der Waals surface area contributed by atoms with Gasteiger partial charge >= 0.3 is 0 Å². The van der Waals surface area contributed by atoms with Crippen LogP contribution in [-0.2, 0) is 0 Å². The summed E-state index contributed by atoms with van der Waals surface area (Å²) in [5.74, 6) is -0.314.